The smallest absolute Gasteiger partial charge is 0.176 e. The van der Waals surface area contributed by atoms with Gasteiger partial charge in [-0.1, -0.05) is 18.7 Å². The number of hydrogen-bond acceptors (Lipinski definition) is 6. The summed E-state index contributed by atoms with van der Waals surface area (Å²) in [5.74, 6) is 0.863. The van der Waals surface area contributed by atoms with Gasteiger partial charge in [-0.2, -0.15) is 0 Å². The number of nitrogens with zero attached hydrogens (tertiary/aromatic N) is 2. The van der Waals surface area contributed by atoms with E-state index in [2.05, 4.69) is 9.97 Å². The Hall–Kier alpha value is -1.92. The minimum Gasteiger partial charge on any atom is -0.497 e. The second-order valence-electron chi connectivity index (χ2n) is 4.92. The highest BCUT2D eigenvalue weighted by Gasteiger charge is 2.21. The Bertz CT molecular complexity index is 815. The summed E-state index contributed by atoms with van der Waals surface area (Å²) >= 11 is 3.12. The zero-order valence-electron chi connectivity index (χ0n) is 12.9. The number of hydrogen-bond donors (Lipinski definition) is 0. The molecule has 6 heteroatoms. The van der Waals surface area contributed by atoms with Crippen LogP contribution in [0.4, 0.5) is 0 Å². The number of ketones is 1. The lowest BCUT2D eigenvalue weighted by molar-refractivity contribution is 0.0988. The van der Waals surface area contributed by atoms with Crippen molar-refractivity contribution in [1.82, 2.24) is 9.97 Å². The third-order valence-electron chi connectivity index (χ3n) is 3.50. The molecule has 0 spiro atoms. The third kappa shape index (κ3) is 3.38. The number of rotatable bonds is 6. The van der Waals surface area contributed by atoms with Gasteiger partial charge in [0.25, 0.3) is 0 Å². The maximum Gasteiger partial charge on any atom is 0.176 e. The van der Waals surface area contributed by atoms with Crippen molar-refractivity contribution in [3.63, 3.8) is 0 Å². The molecule has 0 aliphatic carbocycles. The number of carbonyl (C=O) groups excluding carboxylic acids is 1. The van der Waals surface area contributed by atoms with E-state index < -0.39 is 0 Å². The number of fused-ring (bicyclic) bond motifs is 1. The van der Waals surface area contributed by atoms with Crippen LogP contribution in [-0.4, -0.2) is 28.1 Å². The van der Waals surface area contributed by atoms with Crippen LogP contribution in [0.2, 0.25) is 0 Å². The zero-order valence-corrected chi connectivity index (χ0v) is 14.5. The van der Waals surface area contributed by atoms with Crippen LogP contribution in [0.25, 0.3) is 10.2 Å². The molecule has 0 aliphatic heterocycles. The number of carbonyl (C=O) groups is 1. The van der Waals surface area contributed by atoms with Crippen LogP contribution in [0.1, 0.15) is 23.7 Å². The van der Waals surface area contributed by atoms with E-state index in [1.54, 1.807) is 24.8 Å². The number of methoxy groups -OCH3 is 1. The van der Waals surface area contributed by atoms with E-state index in [-0.39, 0.29) is 11.0 Å². The molecular weight excluding hydrogens is 328 g/mol. The van der Waals surface area contributed by atoms with Crippen LogP contribution in [0.5, 0.6) is 5.75 Å². The predicted molar refractivity (Wildman–Crippen MR) is 94.7 cm³/mol. The molecular formula is C17H16N2O2S2. The summed E-state index contributed by atoms with van der Waals surface area (Å²) in [6.45, 7) is 2.02. The topological polar surface area (TPSA) is 52.1 Å². The quantitative estimate of drug-likeness (QED) is 0.375. The first-order chi connectivity index (χ1) is 11.2. The highest BCUT2D eigenvalue weighted by atomic mass is 32.2. The minimum atomic E-state index is -0.163. The number of Topliss-reactive ketones (excluding diaryl/α,β-unsaturated/α-hetero) is 1. The van der Waals surface area contributed by atoms with Gasteiger partial charge in [-0.05, 0) is 42.1 Å². The predicted octanol–water partition coefficient (Wildman–Crippen LogP) is 4.45. The van der Waals surface area contributed by atoms with E-state index in [1.807, 2.05) is 42.6 Å². The van der Waals surface area contributed by atoms with Crippen LogP contribution in [0.15, 0.2) is 47.1 Å². The van der Waals surface area contributed by atoms with Gasteiger partial charge in [0.2, 0.25) is 0 Å². The first-order valence-corrected chi connectivity index (χ1v) is 9.02. The van der Waals surface area contributed by atoms with Crippen molar-refractivity contribution in [3.05, 3.63) is 47.6 Å². The van der Waals surface area contributed by atoms with Crippen molar-refractivity contribution in [2.75, 3.05) is 7.11 Å². The van der Waals surface area contributed by atoms with Crippen LogP contribution in [-0.2, 0) is 0 Å². The molecule has 0 bridgehead atoms. The van der Waals surface area contributed by atoms with Crippen molar-refractivity contribution >= 4 is 39.1 Å². The molecule has 0 saturated carbocycles. The van der Waals surface area contributed by atoms with E-state index in [9.17, 15) is 4.79 Å². The van der Waals surface area contributed by atoms with Crippen molar-refractivity contribution in [2.45, 2.75) is 23.6 Å². The molecule has 2 aromatic heterocycles. The van der Waals surface area contributed by atoms with Crippen molar-refractivity contribution in [1.29, 1.82) is 0 Å². The van der Waals surface area contributed by atoms with Crippen LogP contribution in [0, 0.1) is 0 Å². The minimum absolute atomic E-state index is 0.114. The molecule has 1 unspecified atom stereocenters. The Labute approximate surface area is 142 Å². The van der Waals surface area contributed by atoms with Gasteiger partial charge in [-0.15, -0.1) is 11.3 Å². The number of thiophene rings is 1. The lowest BCUT2D eigenvalue weighted by atomic mass is 10.1. The van der Waals surface area contributed by atoms with Crippen molar-refractivity contribution < 1.29 is 9.53 Å². The summed E-state index contributed by atoms with van der Waals surface area (Å²) in [4.78, 5) is 21.4. The zero-order chi connectivity index (χ0) is 16.2. The Balaban J connectivity index is 1.84. The number of aromatic nitrogens is 2. The molecule has 3 aromatic rings. The van der Waals surface area contributed by atoms with E-state index in [0.717, 1.165) is 27.4 Å². The number of ether oxygens (including phenoxy) is 1. The number of thioether (sulfide) groups is 1. The van der Waals surface area contributed by atoms with Gasteiger partial charge in [-0.25, -0.2) is 9.97 Å². The van der Waals surface area contributed by atoms with Gasteiger partial charge in [0.05, 0.1) is 22.6 Å². The Morgan fingerprint density at radius 2 is 2.04 bits per heavy atom. The molecule has 118 valence electrons. The molecule has 1 aromatic carbocycles. The summed E-state index contributed by atoms with van der Waals surface area (Å²) in [5.41, 5.74) is 1.63. The maximum absolute atomic E-state index is 12.8. The summed E-state index contributed by atoms with van der Waals surface area (Å²) in [6.07, 6.45) is 2.30. The Morgan fingerprint density at radius 3 is 2.74 bits per heavy atom. The lowest BCUT2D eigenvalue weighted by Crippen LogP contribution is -2.16. The molecule has 0 radical (unpaired) electrons. The van der Waals surface area contributed by atoms with E-state index in [0.29, 0.717) is 5.56 Å². The molecule has 4 nitrogen and oxygen atoms in total. The largest absolute Gasteiger partial charge is 0.497 e. The summed E-state index contributed by atoms with van der Waals surface area (Å²) in [7, 11) is 1.61. The Kier molecular flexibility index (Phi) is 4.93. The third-order valence-corrected chi connectivity index (χ3v) is 5.91. The van der Waals surface area contributed by atoms with Crippen LogP contribution >= 0.6 is 23.1 Å². The SMILES string of the molecule is CCC(Sc1ncnc2ccsc12)C(=O)c1ccc(OC)cc1. The molecule has 1 atom stereocenters. The molecule has 0 N–H and O–H groups in total. The molecule has 0 amide bonds. The molecule has 0 fully saturated rings. The first-order valence-electron chi connectivity index (χ1n) is 7.26. The highest BCUT2D eigenvalue weighted by molar-refractivity contribution is 8.00. The average Bonchev–Trinajstić information content (AvgIpc) is 3.08. The summed E-state index contributed by atoms with van der Waals surface area (Å²) < 4.78 is 6.18. The van der Waals surface area contributed by atoms with Gasteiger partial charge in [0, 0.05) is 5.56 Å². The van der Waals surface area contributed by atoms with Crippen LogP contribution < -0.4 is 4.74 Å². The van der Waals surface area contributed by atoms with Gasteiger partial charge in [0.15, 0.2) is 5.78 Å². The van der Waals surface area contributed by atoms with E-state index in [1.165, 1.54) is 11.8 Å². The fourth-order valence-corrected chi connectivity index (χ4v) is 4.26. The normalized spacial score (nSPS) is 12.3. The highest BCUT2D eigenvalue weighted by Crippen LogP contribution is 2.33. The Morgan fingerprint density at radius 1 is 1.26 bits per heavy atom. The average molecular weight is 344 g/mol. The maximum atomic E-state index is 12.8. The summed E-state index contributed by atoms with van der Waals surface area (Å²) in [6, 6.07) is 9.22. The van der Waals surface area contributed by atoms with E-state index in [4.69, 9.17) is 4.74 Å². The van der Waals surface area contributed by atoms with Gasteiger partial charge in [-0.3, -0.25) is 4.79 Å². The van der Waals surface area contributed by atoms with Crippen LogP contribution in [0.3, 0.4) is 0 Å². The molecule has 3 rings (SSSR count). The summed E-state index contributed by atoms with van der Waals surface area (Å²) in [5, 5.41) is 2.71. The molecule has 2 heterocycles. The van der Waals surface area contributed by atoms with Crippen molar-refractivity contribution in [3.8, 4) is 5.75 Å². The van der Waals surface area contributed by atoms with Gasteiger partial charge >= 0.3 is 0 Å². The standard InChI is InChI=1S/C17H16N2O2S2/c1-3-14(15(20)11-4-6-12(21-2)7-5-11)23-17-16-13(8-9-22-16)18-10-19-17/h4-10,14H,3H2,1-2H3. The van der Waals surface area contributed by atoms with Gasteiger partial charge < -0.3 is 4.74 Å². The second-order valence-corrected chi connectivity index (χ2v) is 7.03. The second kappa shape index (κ2) is 7.10. The lowest BCUT2D eigenvalue weighted by Gasteiger charge is -2.13. The van der Waals surface area contributed by atoms with Crippen molar-refractivity contribution in [2.24, 2.45) is 0 Å². The van der Waals surface area contributed by atoms with E-state index >= 15 is 0 Å². The molecule has 0 aliphatic rings. The fraction of sp³-hybridized carbons (Fsp3) is 0.235. The molecule has 0 saturated heterocycles. The van der Waals surface area contributed by atoms with Gasteiger partial charge in [0.1, 0.15) is 17.1 Å². The molecule has 23 heavy (non-hydrogen) atoms. The monoisotopic (exact) mass is 344 g/mol. The fourth-order valence-electron chi connectivity index (χ4n) is 2.25. The first kappa shape index (κ1) is 16.0. The number of benzene rings is 1.